The van der Waals surface area contributed by atoms with Crippen LogP contribution in [-0.4, -0.2) is 64.2 Å². The third-order valence-corrected chi connectivity index (χ3v) is 6.68. The quantitative estimate of drug-likeness (QED) is 0.674. The van der Waals surface area contributed by atoms with Crippen LogP contribution in [0.3, 0.4) is 0 Å². The van der Waals surface area contributed by atoms with Crippen LogP contribution in [0.4, 0.5) is 5.69 Å². The molecule has 1 atom stereocenters. The number of carbonyl (C=O) groups excluding carboxylic acids is 2. The Hall–Kier alpha value is -2.73. The molecule has 2 aromatic rings. The zero-order valence-electron chi connectivity index (χ0n) is 16.6. The maximum atomic E-state index is 12.8. The van der Waals surface area contributed by atoms with Crippen molar-refractivity contribution in [2.45, 2.75) is 31.2 Å². The lowest BCUT2D eigenvalue weighted by atomic mass is 9.99. The summed E-state index contributed by atoms with van der Waals surface area (Å²) in [5.41, 5.74) is 0.432. The highest BCUT2D eigenvalue weighted by Gasteiger charge is 2.34. The van der Waals surface area contributed by atoms with E-state index < -0.39 is 21.8 Å². The van der Waals surface area contributed by atoms with Crippen molar-refractivity contribution in [3.63, 3.8) is 0 Å². The van der Waals surface area contributed by atoms with E-state index in [0.717, 1.165) is 0 Å². The van der Waals surface area contributed by atoms with E-state index in [9.17, 15) is 18.0 Å². The molecule has 1 unspecified atom stereocenters. The second-order valence-electron chi connectivity index (χ2n) is 6.87. The van der Waals surface area contributed by atoms with Gasteiger partial charge in [-0.15, -0.1) is 0 Å². The first-order valence-corrected chi connectivity index (χ1v) is 10.8. The molecule has 2 aromatic heterocycles. The summed E-state index contributed by atoms with van der Waals surface area (Å²) in [6.07, 6.45) is 5.45. The number of hydrogen-bond donors (Lipinski definition) is 2. The molecule has 2 amide bonds. The predicted octanol–water partition coefficient (Wildman–Crippen LogP) is 0.0355. The minimum atomic E-state index is -3.72. The van der Waals surface area contributed by atoms with Crippen LogP contribution in [0, 0.1) is 5.92 Å². The Kier molecular flexibility index (Phi) is 6.03. The van der Waals surface area contributed by atoms with Gasteiger partial charge in [-0.3, -0.25) is 19.0 Å². The summed E-state index contributed by atoms with van der Waals surface area (Å²) >= 11 is 0. The van der Waals surface area contributed by atoms with Crippen molar-refractivity contribution in [2.24, 2.45) is 13.0 Å². The van der Waals surface area contributed by atoms with Crippen LogP contribution in [0.15, 0.2) is 23.5 Å². The highest BCUT2D eigenvalue weighted by Crippen LogP contribution is 2.25. The van der Waals surface area contributed by atoms with Gasteiger partial charge in [0.25, 0.3) is 5.91 Å². The van der Waals surface area contributed by atoms with E-state index in [-0.39, 0.29) is 23.0 Å². The molecule has 3 heterocycles. The predicted molar refractivity (Wildman–Crippen MR) is 105 cm³/mol. The number of sulfonamides is 1. The molecule has 12 heteroatoms. The summed E-state index contributed by atoms with van der Waals surface area (Å²) in [7, 11) is -0.584. The van der Waals surface area contributed by atoms with Gasteiger partial charge in [0, 0.05) is 46.1 Å². The lowest BCUT2D eigenvalue weighted by Gasteiger charge is -2.30. The van der Waals surface area contributed by atoms with E-state index in [1.54, 1.807) is 17.9 Å². The van der Waals surface area contributed by atoms with Crippen LogP contribution < -0.4 is 10.6 Å². The molecule has 1 aliphatic rings. The molecule has 29 heavy (non-hydrogen) atoms. The molecule has 0 bridgehead atoms. The van der Waals surface area contributed by atoms with Gasteiger partial charge in [0.05, 0.1) is 17.8 Å². The second kappa shape index (κ2) is 8.33. The molecule has 0 radical (unpaired) electrons. The number of amides is 2. The van der Waals surface area contributed by atoms with Gasteiger partial charge in [-0.25, -0.2) is 8.42 Å². The van der Waals surface area contributed by atoms with Crippen LogP contribution in [-0.2, 0) is 28.4 Å². The van der Waals surface area contributed by atoms with Crippen molar-refractivity contribution < 1.29 is 18.0 Å². The zero-order chi connectivity index (χ0) is 21.2. The van der Waals surface area contributed by atoms with Crippen molar-refractivity contribution in [3.8, 4) is 0 Å². The van der Waals surface area contributed by atoms with Gasteiger partial charge in [-0.05, 0) is 19.8 Å². The Morgan fingerprint density at radius 2 is 2.07 bits per heavy atom. The highest BCUT2D eigenvalue weighted by molar-refractivity contribution is 7.89. The summed E-state index contributed by atoms with van der Waals surface area (Å²) in [6, 6.07) is 0. The summed E-state index contributed by atoms with van der Waals surface area (Å²) in [5.74, 6) is -1.27. The number of piperidine rings is 1. The van der Waals surface area contributed by atoms with Crippen molar-refractivity contribution in [2.75, 3.05) is 25.5 Å². The average molecular weight is 423 g/mol. The Labute approximate surface area is 169 Å². The van der Waals surface area contributed by atoms with Gasteiger partial charge in [-0.1, -0.05) is 0 Å². The molecular formula is C17H25N7O4S. The molecule has 0 spiro atoms. The average Bonchev–Trinajstić information content (AvgIpc) is 3.34. The summed E-state index contributed by atoms with van der Waals surface area (Å²) < 4.78 is 29.9. The number of aromatic nitrogens is 4. The normalized spacial score (nSPS) is 17.8. The fourth-order valence-corrected chi connectivity index (χ4v) is 4.76. The molecule has 11 nitrogen and oxygen atoms in total. The molecular weight excluding hydrogens is 398 g/mol. The third kappa shape index (κ3) is 4.32. The van der Waals surface area contributed by atoms with Crippen molar-refractivity contribution in [3.05, 3.63) is 24.3 Å². The zero-order valence-corrected chi connectivity index (χ0v) is 17.4. The summed E-state index contributed by atoms with van der Waals surface area (Å²) in [6.45, 7) is 2.83. The minimum absolute atomic E-state index is 0.0697. The van der Waals surface area contributed by atoms with Crippen molar-refractivity contribution in [1.29, 1.82) is 0 Å². The number of hydrogen-bond acceptors (Lipinski definition) is 6. The topological polar surface area (TPSA) is 131 Å². The number of anilines is 1. The van der Waals surface area contributed by atoms with Crippen LogP contribution >= 0.6 is 0 Å². The van der Waals surface area contributed by atoms with E-state index in [1.165, 1.54) is 28.4 Å². The van der Waals surface area contributed by atoms with Gasteiger partial charge in [0.2, 0.25) is 15.9 Å². The summed E-state index contributed by atoms with van der Waals surface area (Å²) in [4.78, 5) is 25.0. The Balaban J connectivity index is 1.75. The van der Waals surface area contributed by atoms with Crippen LogP contribution in [0.1, 0.15) is 30.3 Å². The molecule has 0 aliphatic carbocycles. The number of nitrogens with zero attached hydrogens (tertiary/aromatic N) is 5. The molecule has 3 rings (SSSR count). The monoisotopic (exact) mass is 423 g/mol. The lowest BCUT2D eigenvalue weighted by Crippen LogP contribution is -2.43. The van der Waals surface area contributed by atoms with Gasteiger partial charge >= 0.3 is 0 Å². The first kappa shape index (κ1) is 21.0. The number of nitrogens with one attached hydrogen (secondary N) is 2. The van der Waals surface area contributed by atoms with Crippen LogP contribution in [0.25, 0.3) is 0 Å². The fraction of sp³-hybridized carbons (Fsp3) is 0.529. The maximum absolute atomic E-state index is 12.8. The van der Waals surface area contributed by atoms with Crippen molar-refractivity contribution in [1.82, 2.24) is 29.2 Å². The second-order valence-corrected chi connectivity index (χ2v) is 8.81. The van der Waals surface area contributed by atoms with Gasteiger partial charge < -0.3 is 10.6 Å². The standard InChI is InChI=1S/C17H25N7O4S/c1-4-23-11-14(15(21-23)17(26)18-2)20-16(25)12-6-5-7-24(9-12)29(27,28)13-8-19-22(3)10-13/h8,10-12H,4-7,9H2,1-3H3,(H,18,26)(H,20,25). The molecule has 1 fully saturated rings. The van der Waals surface area contributed by atoms with E-state index in [0.29, 0.717) is 31.6 Å². The molecule has 0 aromatic carbocycles. The first-order valence-electron chi connectivity index (χ1n) is 9.35. The molecule has 158 valence electrons. The Morgan fingerprint density at radius 3 is 2.69 bits per heavy atom. The number of aryl methyl sites for hydroxylation is 2. The lowest BCUT2D eigenvalue weighted by molar-refractivity contribution is -0.120. The van der Waals surface area contributed by atoms with Gasteiger partial charge in [0.1, 0.15) is 4.90 Å². The van der Waals surface area contributed by atoms with E-state index in [2.05, 4.69) is 20.8 Å². The molecule has 1 aliphatic heterocycles. The smallest absolute Gasteiger partial charge is 0.273 e. The van der Waals surface area contributed by atoms with Crippen LogP contribution in [0.2, 0.25) is 0 Å². The fourth-order valence-electron chi connectivity index (χ4n) is 3.25. The molecule has 1 saturated heterocycles. The Bertz CT molecular complexity index is 1010. The molecule has 2 N–H and O–H groups in total. The van der Waals surface area contributed by atoms with Crippen molar-refractivity contribution >= 4 is 27.5 Å². The van der Waals surface area contributed by atoms with E-state index in [4.69, 9.17) is 0 Å². The van der Waals surface area contributed by atoms with Gasteiger partial charge in [-0.2, -0.15) is 14.5 Å². The van der Waals surface area contributed by atoms with E-state index in [1.807, 2.05) is 6.92 Å². The SMILES string of the molecule is CCn1cc(NC(=O)C2CCCN(S(=O)(=O)c3cnn(C)c3)C2)c(C(=O)NC)n1. The van der Waals surface area contributed by atoms with Gasteiger partial charge in [0.15, 0.2) is 5.69 Å². The highest BCUT2D eigenvalue weighted by atomic mass is 32.2. The number of carbonyl (C=O) groups is 2. The summed E-state index contributed by atoms with van der Waals surface area (Å²) in [5, 5.41) is 13.3. The largest absolute Gasteiger partial charge is 0.354 e. The third-order valence-electron chi connectivity index (χ3n) is 4.86. The van der Waals surface area contributed by atoms with Crippen LogP contribution in [0.5, 0.6) is 0 Å². The first-order chi connectivity index (χ1) is 13.8. The maximum Gasteiger partial charge on any atom is 0.273 e. The van der Waals surface area contributed by atoms with E-state index >= 15 is 0 Å². The molecule has 0 saturated carbocycles. The minimum Gasteiger partial charge on any atom is -0.354 e. The Morgan fingerprint density at radius 1 is 1.31 bits per heavy atom. The number of rotatable bonds is 6.